The molecule has 1 heterocycles. The minimum atomic E-state index is -0.941. The van der Waals surface area contributed by atoms with E-state index in [1.807, 2.05) is 13.8 Å². The number of phenols is 1. The second-order valence-corrected chi connectivity index (χ2v) is 6.64. The van der Waals surface area contributed by atoms with E-state index in [0.717, 1.165) is 19.4 Å². The molecule has 0 aromatic heterocycles. The Balaban J connectivity index is 1.83. The molecule has 2 fully saturated rings. The zero-order chi connectivity index (χ0) is 15.3. The molecule has 5 nitrogen and oxygen atoms in total. The molecule has 3 atom stereocenters. The Morgan fingerprint density at radius 1 is 1.48 bits per heavy atom. The van der Waals surface area contributed by atoms with Crippen molar-refractivity contribution < 1.29 is 14.6 Å². The molecule has 0 radical (unpaired) electrons. The van der Waals surface area contributed by atoms with Crippen LogP contribution in [0.5, 0.6) is 5.75 Å². The highest BCUT2D eigenvalue weighted by Gasteiger charge is 2.70. The second kappa shape index (κ2) is 4.71. The van der Waals surface area contributed by atoms with Crippen LogP contribution in [0.1, 0.15) is 26.7 Å². The molecule has 1 aliphatic carbocycles. The summed E-state index contributed by atoms with van der Waals surface area (Å²) in [6.07, 6.45) is 1.90. The molecule has 5 heteroatoms. The lowest BCUT2D eigenvalue weighted by Crippen LogP contribution is -2.81. The van der Waals surface area contributed by atoms with Crippen LogP contribution in [-0.2, 0) is 9.53 Å². The third-order valence-electron chi connectivity index (χ3n) is 5.16. The molecule has 1 amide bonds. The number of phenolic OH excluding ortho intramolecular Hbond substituents is 1. The Morgan fingerprint density at radius 2 is 2.24 bits per heavy atom. The van der Waals surface area contributed by atoms with E-state index in [9.17, 15) is 9.90 Å². The maximum Gasteiger partial charge on any atom is 0.245 e. The Morgan fingerprint density at radius 3 is 2.95 bits per heavy atom. The van der Waals surface area contributed by atoms with Crippen molar-refractivity contribution in [1.82, 2.24) is 0 Å². The number of fused-ring (bicyclic) bond motifs is 1. The van der Waals surface area contributed by atoms with Crippen LogP contribution in [0.25, 0.3) is 0 Å². The van der Waals surface area contributed by atoms with E-state index in [1.165, 1.54) is 6.07 Å². The number of carbonyl (C=O) groups is 1. The summed E-state index contributed by atoms with van der Waals surface area (Å²) in [7, 11) is 0. The third kappa shape index (κ3) is 1.95. The van der Waals surface area contributed by atoms with Crippen molar-refractivity contribution in [1.29, 1.82) is 0 Å². The van der Waals surface area contributed by atoms with Gasteiger partial charge in [0.2, 0.25) is 5.91 Å². The van der Waals surface area contributed by atoms with Crippen molar-refractivity contribution >= 4 is 11.6 Å². The number of nitrogens with two attached hydrogens (primary N) is 1. The Labute approximate surface area is 124 Å². The lowest BCUT2D eigenvalue weighted by molar-refractivity contribution is -0.222. The summed E-state index contributed by atoms with van der Waals surface area (Å²) in [6, 6.07) is 6.50. The molecule has 3 rings (SSSR count). The summed E-state index contributed by atoms with van der Waals surface area (Å²) in [6.45, 7) is 4.72. The number of anilines is 1. The van der Waals surface area contributed by atoms with Gasteiger partial charge in [0.05, 0.1) is 6.10 Å². The maximum absolute atomic E-state index is 12.7. The molecular weight excluding hydrogens is 268 g/mol. The molecule has 114 valence electrons. The van der Waals surface area contributed by atoms with Gasteiger partial charge in [0, 0.05) is 29.7 Å². The van der Waals surface area contributed by atoms with Crippen LogP contribution in [-0.4, -0.2) is 29.3 Å². The monoisotopic (exact) mass is 290 g/mol. The lowest BCUT2D eigenvalue weighted by atomic mass is 9.46. The molecule has 1 saturated heterocycles. The quantitative estimate of drug-likeness (QED) is 0.776. The van der Waals surface area contributed by atoms with E-state index in [0.29, 0.717) is 5.69 Å². The average molecular weight is 290 g/mol. The highest BCUT2D eigenvalue weighted by molar-refractivity contribution is 6.00. The van der Waals surface area contributed by atoms with Crippen molar-refractivity contribution in [2.45, 2.75) is 38.3 Å². The molecule has 3 unspecified atom stereocenters. The topological polar surface area (TPSA) is 84.6 Å². The zero-order valence-electron chi connectivity index (χ0n) is 12.4. The van der Waals surface area contributed by atoms with E-state index in [4.69, 9.17) is 10.5 Å². The largest absolute Gasteiger partial charge is 0.508 e. The number of rotatable bonds is 2. The standard InChI is InChI=1S/C16H22N2O3/c1-15(2)13-12(7-4-8-21-13)16(15,17)14(20)18-10-5-3-6-11(19)9-10/h3,5-6,9,12-13,19H,4,7-8,17H2,1-2H3,(H,18,20). The van der Waals surface area contributed by atoms with Gasteiger partial charge < -0.3 is 20.9 Å². The molecule has 1 aliphatic heterocycles. The van der Waals surface area contributed by atoms with Gasteiger partial charge in [-0.15, -0.1) is 0 Å². The van der Waals surface area contributed by atoms with Crippen molar-refractivity contribution in [3.05, 3.63) is 24.3 Å². The molecule has 21 heavy (non-hydrogen) atoms. The zero-order valence-corrected chi connectivity index (χ0v) is 12.4. The van der Waals surface area contributed by atoms with Crippen molar-refractivity contribution in [2.24, 2.45) is 17.1 Å². The number of hydrogen-bond acceptors (Lipinski definition) is 4. The molecular formula is C16H22N2O3. The van der Waals surface area contributed by atoms with Crippen molar-refractivity contribution in [2.75, 3.05) is 11.9 Å². The van der Waals surface area contributed by atoms with Crippen LogP contribution < -0.4 is 11.1 Å². The number of carbonyl (C=O) groups excluding carboxylic acids is 1. The van der Waals surface area contributed by atoms with Gasteiger partial charge in [-0.1, -0.05) is 19.9 Å². The molecule has 1 aromatic rings. The number of nitrogens with one attached hydrogen (secondary N) is 1. The summed E-state index contributed by atoms with van der Waals surface area (Å²) in [4.78, 5) is 12.7. The predicted octanol–water partition coefficient (Wildman–Crippen LogP) is 1.86. The van der Waals surface area contributed by atoms with Crippen LogP contribution in [0.15, 0.2) is 24.3 Å². The Bertz CT molecular complexity index is 572. The fraction of sp³-hybridized carbons (Fsp3) is 0.562. The smallest absolute Gasteiger partial charge is 0.245 e. The number of aromatic hydroxyl groups is 1. The molecule has 4 N–H and O–H groups in total. The summed E-state index contributed by atoms with van der Waals surface area (Å²) < 4.78 is 5.81. The van der Waals surface area contributed by atoms with Crippen molar-refractivity contribution in [3.63, 3.8) is 0 Å². The normalized spacial score (nSPS) is 33.7. The van der Waals surface area contributed by atoms with Crippen LogP contribution in [0.2, 0.25) is 0 Å². The molecule has 2 aliphatic rings. The fourth-order valence-corrected chi connectivity index (χ4v) is 3.85. The second-order valence-electron chi connectivity index (χ2n) is 6.64. The van der Waals surface area contributed by atoms with E-state index < -0.39 is 11.0 Å². The predicted molar refractivity (Wildman–Crippen MR) is 79.9 cm³/mol. The van der Waals surface area contributed by atoms with Gasteiger partial charge in [-0.2, -0.15) is 0 Å². The fourth-order valence-electron chi connectivity index (χ4n) is 3.85. The van der Waals surface area contributed by atoms with E-state index in [2.05, 4.69) is 5.32 Å². The molecule has 1 aromatic carbocycles. The average Bonchev–Trinajstić information content (AvgIpc) is 2.46. The first kappa shape index (κ1) is 14.4. The third-order valence-corrected chi connectivity index (χ3v) is 5.16. The summed E-state index contributed by atoms with van der Waals surface area (Å²) in [5, 5.41) is 12.3. The van der Waals surface area contributed by atoms with Gasteiger partial charge in [-0.05, 0) is 25.0 Å². The number of amides is 1. The van der Waals surface area contributed by atoms with E-state index in [1.54, 1.807) is 18.2 Å². The first-order chi connectivity index (χ1) is 9.87. The van der Waals surface area contributed by atoms with Gasteiger partial charge in [0.15, 0.2) is 0 Å². The van der Waals surface area contributed by atoms with Gasteiger partial charge >= 0.3 is 0 Å². The SMILES string of the molecule is CC1(C)C2OCCCC2C1(N)C(=O)Nc1cccc(O)c1. The lowest BCUT2D eigenvalue weighted by Gasteiger charge is -2.65. The molecule has 1 saturated carbocycles. The number of ether oxygens (including phenoxy) is 1. The number of benzene rings is 1. The van der Waals surface area contributed by atoms with Crippen molar-refractivity contribution in [3.8, 4) is 5.75 Å². The minimum absolute atomic E-state index is 0.0474. The maximum atomic E-state index is 12.7. The van der Waals surface area contributed by atoms with Crippen LogP contribution in [0.4, 0.5) is 5.69 Å². The first-order valence-corrected chi connectivity index (χ1v) is 7.38. The van der Waals surface area contributed by atoms with Gasteiger partial charge in [-0.3, -0.25) is 4.79 Å². The van der Waals surface area contributed by atoms with Gasteiger partial charge in [-0.25, -0.2) is 0 Å². The van der Waals surface area contributed by atoms with Crippen LogP contribution >= 0.6 is 0 Å². The first-order valence-electron chi connectivity index (χ1n) is 7.38. The van der Waals surface area contributed by atoms with Gasteiger partial charge in [0.25, 0.3) is 0 Å². The summed E-state index contributed by atoms with van der Waals surface area (Å²) in [5.41, 5.74) is 5.72. The number of hydrogen-bond donors (Lipinski definition) is 3. The van der Waals surface area contributed by atoms with Gasteiger partial charge in [0.1, 0.15) is 11.3 Å². The van der Waals surface area contributed by atoms with E-state index >= 15 is 0 Å². The highest BCUT2D eigenvalue weighted by atomic mass is 16.5. The highest BCUT2D eigenvalue weighted by Crippen LogP contribution is 2.57. The van der Waals surface area contributed by atoms with Crippen LogP contribution in [0, 0.1) is 11.3 Å². The summed E-state index contributed by atoms with van der Waals surface area (Å²) in [5.74, 6) is -0.0333. The van der Waals surface area contributed by atoms with Crippen LogP contribution in [0.3, 0.4) is 0 Å². The Kier molecular flexibility index (Phi) is 3.22. The van der Waals surface area contributed by atoms with E-state index in [-0.39, 0.29) is 23.7 Å². The molecule has 0 bridgehead atoms. The molecule has 0 spiro atoms. The minimum Gasteiger partial charge on any atom is -0.508 e. The summed E-state index contributed by atoms with van der Waals surface area (Å²) >= 11 is 0. The Hall–Kier alpha value is -1.59.